The third-order valence-corrected chi connectivity index (χ3v) is 6.91. The van der Waals surface area contributed by atoms with Crippen LogP contribution < -0.4 is 14.8 Å². The van der Waals surface area contributed by atoms with Crippen molar-refractivity contribution >= 4 is 27.7 Å². The molecule has 0 radical (unpaired) electrons. The zero-order valence-electron chi connectivity index (χ0n) is 18.7. The molecule has 1 aliphatic rings. The molecule has 1 saturated carbocycles. The summed E-state index contributed by atoms with van der Waals surface area (Å²) in [5.41, 5.74) is 3.74. The number of rotatable bonds is 8. The van der Waals surface area contributed by atoms with Crippen LogP contribution in [0.1, 0.15) is 29.8 Å². The molecular weight excluding hydrogens is 440 g/mol. The van der Waals surface area contributed by atoms with E-state index in [4.69, 9.17) is 4.74 Å². The standard InChI is InChI=1S/C24H26N4O4S/c1-16-21(17(2)28(26-16)19-7-5-4-6-8-19)12-14-24(29)25-22-15-20(11-13-23(22)32-3)33(30,31)27-18-9-10-18/h4-8,11-15,18,27H,9-10H2,1-3H3,(H,25,29)/b14-12+. The molecule has 0 atom stereocenters. The van der Waals surface area contributed by atoms with Crippen molar-refractivity contribution in [1.82, 2.24) is 14.5 Å². The molecule has 9 heteroatoms. The van der Waals surface area contributed by atoms with E-state index in [2.05, 4.69) is 15.1 Å². The van der Waals surface area contributed by atoms with Gasteiger partial charge < -0.3 is 10.1 Å². The molecular formula is C24H26N4O4S. The summed E-state index contributed by atoms with van der Waals surface area (Å²) in [4.78, 5) is 12.7. The second-order valence-corrected chi connectivity index (χ2v) is 9.63. The normalized spacial score (nSPS) is 13.9. The Labute approximate surface area is 193 Å². The predicted molar refractivity (Wildman–Crippen MR) is 127 cm³/mol. The number of aryl methyl sites for hydroxylation is 1. The zero-order valence-corrected chi connectivity index (χ0v) is 19.5. The van der Waals surface area contributed by atoms with E-state index in [0.29, 0.717) is 5.75 Å². The molecule has 33 heavy (non-hydrogen) atoms. The van der Waals surface area contributed by atoms with Crippen LogP contribution in [0.3, 0.4) is 0 Å². The van der Waals surface area contributed by atoms with Crippen molar-refractivity contribution in [2.45, 2.75) is 37.6 Å². The number of nitrogens with zero attached hydrogens (tertiary/aromatic N) is 2. The molecule has 0 bridgehead atoms. The van der Waals surface area contributed by atoms with E-state index in [1.165, 1.54) is 31.4 Å². The molecule has 8 nitrogen and oxygen atoms in total. The Hall–Kier alpha value is -3.43. The summed E-state index contributed by atoms with van der Waals surface area (Å²) in [6.07, 6.45) is 4.77. The van der Waals surface area contributed by atoms with Gasteiger partial charge in [-0.05, 0) is 63.1 Å². The van der Waals surface area contributed by atoms with Gasteiger partial charge in [-0.25, -0.2) is 17.8 Å². The van der Waals surface area contributed by atoms with Crippen molar-refractivity contribution in [2.75, 3.05) is 12.4 Å². The number of carbonyl (C=O) groups is 1. The van der Waals surface area contributed by atoms with Crippen LogP contribution in [0.5, 0.6) is 5.75 Å². The van der Waals surface area contributed by atoms with Gasteiger partial charge in [0, 0.05) is 23.4 Å². The number of benzene rings is 2. The number of hydrogen-bond donors (Lipinski definition) is 2. The number of amides is 1. The Kier molecular flexibility index (Phi) is 6.35. The average molecular weight is 467 g/mol. The Balaban J connectivity index is 1.54. The van der Waals surface area contributed by atoms with Crippen molar-refractivity contribution in [3.8, 4) is 11.4 Å². The van der Waals surface area contributed by atoms with E-state index in [1.54, 1.807) is 6.08 Å². The van der Waals surface area contributed by atoms with Gasteiger partial charge >= 0.3 is 0 Å². The van der Waals surface area contributed by atoms with Gasteiger partial charge in [0.05, 0.1) is 29.1 Å². The second-order valence-electron chi connectivity index (χ2n) is 7.91. The van der Waals surface area contributed by atoms with E-state index >= 15 is 0 Å². The fourth-order valence-electron chi connectivity index (χ4n) is 3.49. The number of para-hydroxylation sites is 1. The van der Waals surface area contributed by atoms with E-state index in [9.17, 15) is 13.2 Å². The van der Waals surface area contributed by atoms with Gasteiger partial charge in [0.15, 0.2) is 0 Å². The van der Waals surface area contributed by atoms with E-state index in [1.807, 2.05) is 48.9 Å². The van der Waals surface area contributed by atoms with Gasteiger partial charge in [0.2, 0.25) is 15.9 Å². The van der Waals surface area contributed by atoms with Crippen LogP contribution in [0.4, 0.5) is 5.69 Å². The van der Waals surface area contributed by atoms with Gasteiger partial charge in [-0.1, -0.05) is 18.2 Å². The van der Waals surface area contributed by atoms with Crippen LogP contribution in [0.2, 0.25) is 0 Å². The maximum atomic E-state index is 12.7. The summed E-state index contributed by atoms with van der Waals surface area (Å²) in [6, 6.07) is 14.1. The molecule has 4 rings (SSSR count). The van der Waals surface area contributed by atoms with Crippen molar-refractivity contribution in [1.29, 1.82) is 0 Å². The predicted octanol–water partition coefficient (Wildman–Crippen LogP) is 3.59. The van der Waals surface area contributed by atoms with E-state index in [0.717, 1.165) is 35.5 Å². The van der Waals surface area contributed by atoms with Crippen LogP contribution >= 0.6 is 0 Å². The number of sulfonamides is 1. The van der Waals surface area contributed by atoms with E-state index < -0.39 is 15.9 Å². The molecule has 0 spiro atoms. The van der Waals surface area contributed by atoms with Crippen LogP contribution in [0.25, 0.3) is 11.8 Å². The minimum atomic E-state index is -3.66. The lowest BCUT2D eigenvalue weighted by molar-refractivity contribution is -0.111. The molecule has 1 aliphatic carbocycles. The highest BCUT2D eigenvalue weighted by Crippen LogP contribution is 2.29. The second kappa shape index (κ2) is 9.21. The van der Waals surface area contributed by atoms with Crippen molar-refractivity contribution in [2.24, 2.45) is 0 Å². The summed E-state index contributed by atoms with van der Waals surface area (Å²) in [7, 11) is -2.20. The van der Waals surface area contributed by atoms with Gasteiger partial charge in [-0.3, -0.25) is 4.79 Å². The lowest BCUT2D eigenvalue weighted by Gasteiger charge is -2.12. The Morgan fingerprint density at radius 2 is 1.88 bits per heavy atom. The smallest absolute Gasteiger partial charge is 0.248 e. The van der Waals surface area contributed by atoms with Crippen LogP contribution in [0, 0.1) is 13.8 Å². The molecule has 3 aromatic rings. The monoisotopic (exact) mass is 466 g/mol. The summed E-state index contributed by atoms with van der Waals surface area (Å²) in [5.74, 6) is -0.0457. The number of carbonyl (C=O) groups excluding carboxylic acids is 1. The molecule has 172 valence electrons. The largest absolute Gasteiger partial charge is 0.495 e. The van der Waals surface area contributed by atoms with Crippen LogP contribution in [0.15, 0.2) is 59.5 Å². The fourth-order valence-corrected chi connectivity index (χ4v) is 4.82. The summed E-state index contributed by atoms with van der Waals surface area (Å²) in [5, 5.41) is 7.30. The lowest BCUT2D eigenvalue weighted by Crippen LogP contribution is -2.25. The molecule has 2 aromatic carbocycles. The van der Waals surface area contributed by atoms with Gasteiger partial charge in [-0.15, -0.1) is 0 Å². The average Bonchev–Trinajstić information content (AvgIpc) is 3.56. The first-order chi connectivity index (χ1) is 15.8. The molecule has 1 aromatic heterocycles. The van der Waals surface area contributed by atoms with Gasteiger partial charge in [0.25, 0.3) is 0 Å². The van der Waals surface area contributed by atoms with Crippen LogP contribution in [-0.4, -0.2) is 37.3 Å². The number of hydrogen-bond acceptors (Lipinski definition) is 5. The molecule has 2 N–H and O–H groups in total. The van der Waals surface area contributed by atoms with Crippen molar-refractivity contribution < 1.29 is 17.9 Å². The summed E-state index contributed by atoms with van der Waals surface area (Å²) >= 11 is 0. The third kappa shape index (κ3) is 5.15. The number of aromatic nitrogens is 2. The molecule has 0 aliphatic heterocycles. The molecule has 1 fully saturated rings. The highest BCUT2D eigenvalue weighted by molar-refractivity contribution is 7.89. The lowest BCUT2D eigenvalue weighted by atomic mass is 10.2. The first-order valence-corrected chi connectivity index (χ1v) is 12.1. The highest BCUT2D eigenvalue weighted by Gasteiger charge is 2.28. The minimum Gasteiger partial charge on any atom is -0.495 e. The maximum Gasteiger partial charge on any atom is 0.248 e. The zero-order chi connectivity index (χ0) is 23.6. The van der Waals surface area contributed by atoms with E-state index in [-0.39, 0.29) is 16.6 Å². The Morgan fingerprint density at radius 3 is 2.55 bits per heavy atom. The quantitative estimate of drug-likeness (QED) is 0.494. The van der Waals surface area contributed by atoms with Gasteiger partial charge in [0.1, 0.15) is 5.75 Å². The fraction of sp³-hybridized carbons (Fsp3) is 0.250. The summed E-state index contributed by atoms with van der Waals surface area (Å²) < 4.78 is 34.8. The van der Waals surface area contributed by atoms with Crippen LogP contribution in [-0.2, 0) is 14.8 Å². The highest BCUT2D eigenvalue weighted by atomic mass is 32.2. The summed E-state index contributed by atoms with van der Waals surface area (Å²) in [6.45, 7) is 3.82. The number of anilines is 1. The number of nitrogens with one attached hydrogen (secondary N) is 2. The molecule has 1 amide bonds. The van der Waals surface area contributed by atoms with Gasteiger partial charge in [-0.2, -0.15) is 5.10 Å². The first kappa shape index (κ1) is 22.8. The minimum absolute atomic E-state index is 0.0126. The first-order valence-electron chi connectivity index (χ1n) is 10.6. The van der Waals surface area contributed by atoms with Crippen molar-refractivity contribution in [3.63, 3.8) is 0 Å². The Morgan fingerprint density at radius 1 is 1.15 bits per heavy atom. The molecule has 0 saturated heterocycles. The molecule has 0 unspecified atom stereocenters. The number of ether oxygens (including phenoxy) is 1. The Bertz CT molecular complexity index is 1310. The van der Waals surface area contributed by atoms with Crippen molar-refractivity contribution in [3.05, 3.63) is 71.6 Å². The SMILES string of the molecule is COc1ccc(S(=O)(=O)NC2CC2)cc1NC(=O)/C=C/c1c(C)nn(-c2ccccc2)c1C. The number of methoxy groups -OCH3 is 1. The molecule has 1 heterocycles. The third-order valence-electron chi connectivity index (χ3n) is 5.39. The maximum absolute atomic E-state index is 12.7. The topological polar surface area (TPSA) is 102 Å².